The van der Waals surface area contributed by atoms with Gasteiger partial charge in [-0.1, -0.05) is 35.5 Å². The predicted octanol–water partition coefficient (Wildman–Crippen LogP) is 3.18. The van der Waals surface area contributed by atoms with Crippen LogP contribution in [0.25, 0.3) is 0 Å². The van der Waals surface area contributed by atoms with Gasteiger partial charge in [-0.15, -0.1) is 0 Å². The molecule has 2 aromatic carbocycles. The summed E-state index contributed by atoms with van der Waals surface area (Å²) in [5.74, 6) is 1.28. The van der Waals surface area contributed by atoms with Gasteiger partial charge in [0, 0.05) is 5.56 Å². The van der Waals surface area contributed by atoms with E-state index >= 15 is 0 Å². The first-order valence-corrected chi connectivity index (χ1v) is 5.29. The van der Waals surface area contributed by atoms with E-state index < -0.39 is 0 Å². The lowest BCUT2D eigenvalue weighted by molar-refractivity contribution is 0.320. The molecule has 0 fully saturated rings. The quantitative estimate of drug-likeness (QED) is 0.507. The van der Waals surface area contributed by atoms with Crippen molar-refractivity contribution in [3.05, 3.63) is 60.2 Å². The van der Waals surface area contributed by atoms with Crippen LogP contribution in [0, 0.1) is 11.3 Å². The van der Waals surface area contributed by atoms with Crippen LogP contribution in [0.2, 0.25) is 0 Å². The first-order chi connectivity index (χ1) is 8.83. The third kappa shape index (κ3) is 2.66. The van der Waals surface area contributed by atoms with E-state index in [0.29, 0.717) is 17.1 Å². The third-order valence-electron chi connectivity index (χ3n) is 2.29. The molecule has 1 N–H and O–H groups in total. The van der Waals surface area contributed by atoms with Gasteiger partial charge in [0.05, 0.1) is 0 Å². The van der Waals surface area contributed by atoms with Gasteiger partial charge in [-0.25, -0.2) is 0 Å². The fourth-order valence-electron chi connectivity index (χ4n) is 1.48. The maximum Gasteiger partial charge on any atom is 0.186 e. The Kier molecular flexibility index (Phi) is 3.57. The van der Waals surface area contributed by atoms with Gasteiger partial charge >= 0.3 is 0 Å². The topological polar surface area (TPSA) is 65.6 Å². The molecule has 0 bridgehead atoms. The van der Waals surface area contributed by atoms with Crippen molar-refractivity contribution in [2.24, 2.45) is 5.16 Å². The van der Waals surface area contributed by atoms with Crippen LogP contribution in [0.3, 0.4) is 0 Å². The fourth-order valence-corrected chi connectivity index (χ4v) is 1.48. The Morgan fingerprint density at radius 2 is 1.78 bits per heavy atom. The molecule has 0 aliphatic carbocycles. The summed E-state index contributed by atoms with van der Waals surface area (Å²) < 4.78 is 5.61. The normalized spacial score (nSPS) is 10.7. The van der Waals surface area contributed by atoms with Gasteiger partial charge in [-0.05, 0) is 24.3 Å². The van der Waals surface area contributed by atoms with Crippen LogP contribution in [-0.4, -0.2) is 10.9 Å². The molecule has 4 heteroatoms. The van der Waals surface area contributed by atoms with Crippen LogP contribution in [0.1, 0.15) is 5.56 Å². The Morgan fingerprint density at radius 3 is 2.44 bits per heavy atom. The van der Waals surface area contributed by atoms with Crippen LogP contribution in [-0.2, 0) is 0 Å². The van der Waals surface area contributed by atoms with Crippen molar-refractivity contribution < 1.29 is 9.94 Å². The van der Waals surface area contributed by atoms with Gasteiger partial charge < -0.3 is 9.94 Å². The number of oxime groups is 1. The average Bonchev–Trinajstić information content (AvgIpc) is 2.42. The molecule has 0 atom stereocenters. The van der Waals surface area contributed by atoms with E-state index in [1.54, 1.807) is 30.3 Å². The highest BCUT2D eigenvalue weighted by Crippen LogP contribution is 2.21. The van der Waals surface area contributed by atoms with Crippen molar-refractivity contribution >= 4 is 5.71 Å². The first kappa shape index (κ1) is 11.7. The number of ether oxygens (including phenoxy) is 1. The summed E-state index contributed by atoms with van der Waals surface area (Å²) in [5, 5.41) is 20.4. The number of nitriles is 1. The summed E-state index contributed by atoms with van der Waals surface area (Å²) in [6.07, 6.45) is 0. The lowest BCUT2D eigenvalue weighted by Crippen LogP contribution is -1.97. The summed E-state index contributed by atoms with van der Waals surface area (Å²) in [6.45, 7) is 0. The van der Waals surface area contributed by atoms with Crippen molar-refractivity contribution in [2.75, 3.05) is 0 Å². The molecular formula is C14H10N2O2. The fraction of sp³-hybridized carbons (Fsp3) is 0. The van der Waals surface area contributed by atoms with Gasteiger partial charge in [-0.3, -0.25) is 0 Å². The van der Waals surface area contributed by atoms with Gasteiger partial charge in [-0.2, -0.15) is 5.26 Å². The van der Waals surface area contributed by atoms with E-state index in [0.717, 1.165) is 0 Å². The van der Waals surface area contributed by atoms with E-state index in [1.165, 1.54) is 0 Å². The van der Waals surface area contributed by atoms with Crippen LogP contribution in [0.4, 0.5) is 0 Å². The second-order valence-corrected chi connectivity index (χ2v) is 3.50. The zero-order chi connectivity index (χ0) is 12.8. The third-order valence-corrected chi connectivity index (χ3v) is 2.29. The van der Waals surface area contributed by atoms with Crippen LogP contribution in [0.15, 0.2) is 59.8 Å². The zero-order valence-electron chi connectivity index (χ0n) is 9.45. The molecule has 0 heterocycles. The number of hydrogen-bond acceptors (Lipinski definition) is 4. The Labute approximate surface area is 104 Å². The molecule has 0 amide bonds. The van der Waals surface area contributed by atoms with Gasteiger partial charge in [0.25, 0.3) is 0 Å². The van der Waals surface area contributed by atoms with E-state index in [1.807, 2.05) is 30.3 Å². The molecule has 0 aliphatic heterocycles. The van der Waals surface area contributed by atoms with Crippen molar-refractivity contribution in [3.63, 3.8) is 0 Å². The number of hydrogen-bond donors (Lipinski definition) is 1. The molecule has 2 rings (SSSR count). The zero-order valence-corrected chi connectivity index (χ0v) is 9.45. The molecule has 0 spiro atoms. The van der Waals surface area contributed by atoms with Crippen molar-refractivity contribution in [1.29, 1.82) is 5.26 Å². The minimum absolute atomic E-state index is 0.0477. The maximum atomic E-state index is 8.78. The van der Waals surface area contributed by atoms with Crippen LogP contribution >= 0.6 is 0 Å². The molecule has 0 radical (unpaired) electrons. The average molecular weight is 238 g/mol. The molecule has 88 valence electrons. The minimum Gasteiger partial charge on any atom is -0.457 e. The first-order valence-electron chi connectivity index (χ1n) is 5.29. The smallest absolute Gasteiger partial charge is 0.186 e. The molecule has 2 aromatic rings. The summed E-state index contributed by atoms with van der Waals surface area (Å²) >= 11 is 0. The summed E-state index contributed by atoms with van der Waals surface area (Å²) in [7, 11) is 0. The highest BCUT2D eigenvalue weighted by Gasteiger charge is 2.05. The molecule has 18 heavy (non-hydrogen) atoms. The van der Waals surface area contributed by atoms with E-state index in [9.17, 15) is 0 Å². The minimum atomic E-state index is -0.0477. The molecular weight excluding hydrogens is 228 g/mol. The highest BCUT2D eigenvalue weighted by atomic mass is 16.5. The predicted molar refractivity (Wildman–Crippen MR) is 66.9 cm³/mol. The number of benzene rings is 2. The summed E-state index contributed by atoms with van der Waals surface area (Å²) in [6, 6.07) is 17.9. The summed E-state index contributed by atoms with van der Waals surface area (Å²) in [5.41, 5.74) is 0.460. The Bertz CT molecular complexity index is 601. The molecule has 0 saturated heterocycles. The Morgan fingerprint density at radius 1 is 1.06 bits per heavy atom. The lowest BCUT2D eigenvalue weighted by atomic mass is 10.1. The Balaban J connectivity index is 2.26. The second-order valence-electron chi connectivity index (χ2n) is 3.50. The van der Waals surface area contributed by atoms with E-state index in [-0.39, 0.29) is 5.71 Å². The monoisotopic (exact) mass is 238 g/mol. The number of rotatable bonds is 3. The van der Waals surface area contributed by atoms with Gasteiger partial charge in [0.2, 0.25) is 0 Å². The Hall–Kier alpha value is -2.80. The molecule has 0 saturated carbocycles. The van der Waals surface area contributed by atoms with Crippen molar-refractivity contribution in [3.8, 4) is 17.6 Å². The highest BCUT2D eigenvalue weighted by molar-refractivity contribution is 6.11. The van der Waals surface area contributed by atoms with E-state index in [4.69, 9.17) is 15.2 Å². The van der Waals surface area contributed by atoms with Crippen molar-refractivity contribution in [2.45, 2.75) is 0 Å². The standard InChI is InChI=1S/C14H10N2O2/c15-10-14(16-17)11-5-4-8-13(9-11)18-12-6-2-1-3-7-12/h1-9,17H. The summed E-state index contributed by atoms with van der Waals surface area (Å²) in [4.78, 5) is 0. The lowest BCUT2D eigenvalue weighted by Gasteiger charge is -2.06. The molecule has 0 aromatic heterocycles. The van der Waals surface area contributed by atoms with Crippen LogP contribution in [0.5, 0.6) is 11.5 Å². The molecule has 0 unspecified atom stereocenters. The van der Waals surface area contributed by atoms with Crippen LogP contribution < -0.4 is 4.74 Å². The number of para-hydroxylation sites is 1. The SMILES string of the molecule is N#CC(=NO)c1cccc(Oc2ccccc2)c1. The maximum absolute atomic E-state index is 8.78. The van der Waals surface area contributed by atoms with Gasteiger partial charge in [0.15, 0.2) is 5.71 Å². The van der Waals surface area contributed by atoms with Crippen molar-refractivity contribution in [1.82, 2.24) is 0 Å². The van der Waals surface area contributed by atoms with E-state index in [2.05, 4.69) is 5.16 Å². The number of nitrogens with zero attached hydrogens (tertiary/aromatic N) is 2. The largest absolute Gasteiger partial charge is 0.457 e. The van der Waals surface area contributed by atoms with Gasteiger partial charge in [0.1, 0.15) is 17.6 Å². The molecule has 0 aliphatic rings. The molecule has 4 nitrogen and oxygen atoms in total. The second kappa shape index (κ2) is 5.51.